The van der Waals surface area contributed by atoms with E-state index in [0.717, 1.165) is 11.3 Å². The van der Waals surface area contributed by atoms with E-state index in [1.165, 1.54) is 0 Å². The summed E-state index contributed by atoms with van der Waals surface area (Å²) in [5.41, 5.74) is 0. The predicted octanol–water partition coefficient (Wildman–Crippen LogP) is 1.71. The standard InChI is InChI=1S/C14H25N3O3S2.HI/c1-4-15-14(16-8-11(2)3)17-9-12(18)10-22(19,20)13-6-5-7-21-13;/h5-7,11-12,18H,4,8-10H2,1-3H3,(H2,15,16,17);1H. The van der Waals surface area contributed by atoms with Crippen molar-refractivity contribution >= 4 is 51.1 Å². The Bertz CT molecular complexity index is 560. The van der Waals surface area contributed by atoms with Gasteiger partial charge in [0.1, 0.15) is 4.21 Å². The van der Waals surface area contributed by atoms with Gasteiger partial charge >= 0.3 is 0 Å². The zero-order valence-corrected chi connectivity index (χ0v) is 17.6. The van der Waals surface area contributed by atoms with E-state index in [1.807, 2.05) is 6.92 Å². The molecule has 0 aromatic carbocycles. The summed E-state index contributed by atoms with van der Waals surface area (Å²) < 4.78 is 24.4. The molecule has 0 bridgehead atoms. The van der Waals surface area contributed by atoms with E-state index in [-0.39, 0.29) is 40.5 Å². The fourth-order valence-electron chi connectivity index (χ4n) is 1.66. The van der Waals surface area contributed by atoms with Gasteiger partial charge in [-0.1, -0.05) is 19.9 Å². The molecule has 1 atom stereocenters. The highest BCUT2D eigenvalue weighted by Crippen LogP contribution is 2.17. The molecule has 0 spiro atoms. The molecule has 1 aromatic heterocycles. The highest BCUT2D eigenvalue weighted by atomic mass is 127. The number of hydrogen-bond acceptors (Lipinski definition) is 5. The third kappa shape index (κ3) is 8.87. The number of hydrogen-bond donors (Lipinski definition) is 3. The molecule has 0 saturated carbocycles. The van der Waals surface area contributed by atoms with Crippen molar-refractivity contribution in [3.8, 4) is 0 Å². The van der Waals surface area contributed by atoms with Crippen LogP contribution in [0, 0.1) is 5.92 Å². The van der Waals surface area contributed by atoms with E-state index < -0.39 is 15.9 Å². The number of rotatable bonds is 8. The molecule has 1 heterocycles. The maximum atomic E-state index is 12.1. The fourth-order valence-corrected chi connectivity index (χ4v) is 4.15. The van der Waals surface area contributed by atoms with Gasteiger partial charge in [0.2, 0.25) is 0 Å². The molecular formula is C14H26IN3O3S2. The maximum Gasteiger partial charge on any atom is 0.191 e. The summed E-state index contributed by atoms with van der Waals surface area (Å²) in [5.74, 6) is 0.716. The zero-order chi connectivity index (χ0) is 16.6. The van der Waals surface area contributed by atoms with Crippen molar-refractivity contribution in [2.75, 3.05) is 25.4 Å². The molecule has 3 N–H and O–H groups in total. The predicted molar refractivity (Wildman–Crippen MR) is 107 cm³/mol. The molecule has 6 nitrogen and oxygen atoms in total. The monoisotopic (exact) mass is 475 g/mol. The largest absolute Gasteiger partial charge is 0.390 e. The number of thiophene rings is 1. The molecule has 0 aliphatic carbocycles. The number of nitrogens with zero attached hydrogens (tertiary/aromatic N) is 1. The Morgan fingerprint density at radius 1 is 1.39 bits per heavy atom. The second-order valence-electron chi connectivity index (χ2n) is 5.36. The summed E-state index contributed by atoms with van der Waals surface area (Å²) in [7, 11) is -3.43. The molecule has 1 aromatic rings. The molecule has 1 rings (SSSR count). The molecule has 0 amide bonds. The molecule has 0 fully saturated rings. The van der Waals surface area contributed by atoms with Crippen molar-refractivity contribution in [2.24, 2.45) is 10.9 Å². The van der Waals surface area contributed by atoms with Gasteiger partial charge in [-0.2, -0.15) is 0 Å². The van der Waals surface area contributed by atoms with Crippen molar-refractivity contribution in [3.63, 3.8) is 0 Å². The minimum absolute atomic E-state index is 0. The minimum atomic E-state index is -3.43. The van der Waals surface area contributed by atoms with Crippen LogP contribution in [0.5, 0.6) is 0 Å². The van der Waals surface area contributed by atoms with Crippen molar-refractivity contribution < 1.29 is 13.5 Å². The first-order valence-electron chi connectivity index (χ1n) is 7.31. The van der Waals surface area contributed by atoms with Crippen LogP contribution in [-0.4, -0.2) is 51.0 Å². The van der Waals surface area contributed by atoms with Gasteiger partial charge in [-0.3, -0.25) is 4.99 Å². The van der Waals surface area contributed by atoms with Gasteiger partial charge in [0, 0.05) is 19.6 Å². The number of guanidine groups is 1. The zero-order valence-electron chi connectivity index (χ0n) is 13.7. The van der Waals surface area contributed by atoms with Crippen molar-refractivity contribution in [1.29, 1.82) is 0 Å². The molecule has 1 unspecified atom stereocenters. The van der Waals surface area contributed by atoms with Crippen LogP contribution in [-0.2, 0) is 9.84 Å². The molecule has 0 aliphatic rings. The van der Waals surface area contributed by atoms with Crippen LogP contribution in [0.1, 0.15) is 20.8 Å². The van der Waals surface area contributed by atoms with E-state index in [2.05, 4.69) is 29.5 Å². The second kappa shape index (κ2) is 11.2. The summed E-state index contributed by atoms with van der Waals surface area (Å²) in [6.45, 7) is 7.58. The highest BCUT2D eigenvalue weighted by Gasteiger charge is 2.20. The SMILES string of the molecule is CCNC(=NCC(C)C)NCC(O)CS(=O)(=O)c1cccs1.I. The van der Waals surface area contributed by atoms with Gasteiger partial charge in [0.15, 0.2) is 15.8 Å². The van der Waals surface area contributed by atoms with Crippen LogP contribution >= 0.6 is 35.3 Å². The normalized spacial score (nSPS) is 13.5. The lowest BCUT2D eigenvalue weighted by atomic mass is 10.2. The van der Waals surface area contributed by atoms with E-state index in [4.69, 9.17) is 0 Å². The van der Waals surface area contributed by atoms with Gasteiger partial charge in [0.05, 0.1) is 11.9 Å². The molecule has 134 valence electrons. The third-order valence-electron chi connectivity index (χ3n) is 2.68. The molecule has 0 radical (unpaired) electrons. The first-order valence-corrected chi connectivity index (χ1v) is 9.84. The molecular weight excluding hydrogens is 449 g/mol. The molecule has 0 aliphatic heterocycles. The van der Waals surface area contributed by atoms with Crippen LogP contribution < -0.4 is 10.6 Å². The number of nitrogens with one attached hydrogen (secondary N) is 2. The summed E-state index contributed by atoms with van der Waals surface area (Å²) >= 11 is 1.16. The first kappa shape index (κ1) is 22.6. The smallest absolute Gasteiger partial charge is 0.191 e. The van der Waals surface area contributed by atoms with Crippen molar-refractivity contribution in [2.45, 2.75) is 31.1 Å². The Hall–Kier alpha value is -0.390. The Morgan fingerprint density at radius 2 is 2.09 bits per heavy atom. The number of halogens is 1. The number of aliphatic hydroxyl groups excluding tert-OH is 1. The summed E-state index contributed by atoms with van der Waals surface area (Å²) in [4.78, 5) is 4.37. The Labute approximate surface area is 159 Å². The Kier molecular flexibility index (Phi) is 11.0. The second-order valence-corrected chi connectivity index (χ2v) is 8.57. The average molecular weight is 475 g/mol. The molecule has 23 heavy (non-hydrogen) atoms. The lowest BCUT2D eigenvalue weighted by Gasteiger charge is -2.15. The lowest BCUT2D eigenvalue weighted by Crippen LogP contribution is -2.43. The van der Waals surface area contributed by atoms with Crippen LogP contribution in [0.4, 0.5) is 0 Å². The summed E-state index contributed by atoms with van der Waals surface area (Å²) in [5, 5.41) is 17.7. The van der Waals surface area contributed by atoms with Gasteiger partial charge in [0.25, 0.3) is 0 Å². The van der Waals surface area contributed by atoms with Crippen LogP contribution in [0.2, 0.25) is 0 Å². The number of aliphatic hydroxyl groups is 1. The van der Waals surface area contributed by atoms with Crippen LogP contribution in [0.3, 0.4) is 0 Å². The molecule has 9 heteroatoms. The van der Waals surface area contributed by atoms with Crippen LogP contribution in [0.25, 0.3) is 0 Å². The van der Waals surface area contributed by atoms with Crippen molar-refractivity contribution in [1.82, 2.24) is 10.6 Å². The summed E-state index contributed by atoms with van der Waals surface area (Å²) in [6, 6.07) is 3.23. The van der Waals surface area contributed by atoms with E-state index in [9.17, 15) is 13.5 Å². The van der Waals surface area contributed by atoms with Gasteiger partial charge in [-0.15, -0.1) is 35.3 Å². The first-order chi connectivity index (χ1) is 10.3. The van der Waals surface area contributed by atoms with Gasteiger partial charge < -0.3 is 15.7 Å². The topological polar surface area (TPSA) is 90.8 Å². The third-order valence-corrected chi connectivity index (χ3v) is 5.96. The van der Waals surface area contributed by atoms with E-state index >= 15 is 0 Å². The van der Waals surface area contributed by atoms with Crippen molar-refractivity contribution in [3.05, 3.63) is 17.5 Å². The summed E-state index contributed by atoms with van der Waals surface area (Å²) in [6.07, 6.45) is -0.991. The van der Waals surface area contributed by atoms with E-state index in [0.29, 0.717) is 25.0 Å². The fraction of sp³-hybridized carbons (Fsp3) is 0.643. The van der Waals surface area contributed by atoms with Crippen LogP contribution in [0.15, 0.2) is 26.7 Å². The lowest BCUT2D eigenvalue weighted by molar-refractivity contribution is 0.200. The minimum Gasteiger partial charge on any atom is -0.390 e. The number of sulfone groups is 1. The quantitative estimate of drug-likeness (QED) is 0.303. The number of aliphatic imine (C=N–C) groups is 1. The average Bonchev–Trinajstić information content (AvgIpc) is 2.96. The Balaban J connectivity index is 0.00000484. The maximum absolute atomic E-state index is 12.1. The van der Waals surface area contributed by atoms with E-state index in [1.54, 1.807) is 17.5 Å². The van der Waals surface area contributed by atoms with Gasteiger partial charge in [-0.25, -0.2) is 8.42 Å². The van der Waals surface area contributed by atoms with Gasteiger partial charge in [-0.05, 0) is 24.3 Å². The highest BCUT2D eigenvalue weighted by molar-refractivity contribution is 14.0. The Morgan fingerprint density at radius 3 is 2.61 bits per heavy atom. The molecule has 0 saturated heterocycles.